The number of hydrogen-bond donors (Lipinski definition) is 1. The first kappa shape index (κ1) is 15.9. The van der Waals surface area contributed by atoms with Crippen LogP contribution in [-0.2, 0) is 6.42 Å². The maximum Gasteiger partial charge on any atom is 0.161 e. The lowest BCUT2D eigenvalue weighted by Gasteiger charge is -2.13. The third-order valence-corrected chi connectivity index (χ3v) is 3.69. The SMILES string of the molecule is CCCNc1nc(-c2cc(F)cc(Br)c2)nc(C)c1CC. The standard InChI is InChI=1S/C16H19BrFN3/c1-4-6-19-16-14(5-2)10(3)20-15(21-16)11-7-12(17)9-13(18)8-11/h7-9H,4-6H2,1-3H3,(H,19,20,21). The molecule has 0 aliphatic rings. The van der Waals surface area contributed by atoms with E-state index in [0.717, 1.165) is 36.5 Å². The highest BCUT2D eigenvalue weighted by Gasteiger charge is 2.12. The van der Waals surface area contributed by atoms with E-state index in [1.807, 2.05) is 13.0 Å². The van der Waals surface area contributed by atoms with Crippen LogP contribution in [0, 0.1) is 12.7 Å². The third kappa shape index (κ3) is 3.79. The number of hydrogen-bond acceptors (Lipinski definition) is 3. The van der Waals surface area contributed by atoms with Gasteiger partial charge >= 0.3 is 0 Å². The number of nitrogens with one attached hydrogen (secondary N) is 1. The number of rotatable bonds is 5. The Morgan fingerprint density at radius 2 is 1.95 bits per heavy atom. The van der Waals surface area contributed by atoms with Crippen LogP contribution < -0.4 is 5.32 Å². The smallest absolute Gasteiger partial charge is 0.161 e. The fourth-order valence-corrected chi connectivity index (χ4v) is 2.69. The first-order chi connectivity index (χ1) is 10.0. The summed E-state index contributed by atoms with van der Waals surface area (Å²) in [5, 5.41) is 3.34. The van der Waals surface area contributed by atoms with Crippen molar-refractivity contribution >= 4 is 21.7 Å². The molecule has 1 aromatic carbocycles. The molecule has 0 aliphatic carbocycles. The van der Waals surface area contributed by atoms with Gasteiger partial charge in [0.25, 0.3) is 0 Å². The monoisotopic (exact) mass is 351 g/mol. The molecule has 0 radical (unpaired) electrons. The van der Waals surface area contributed by atoms with Crippen molar-refractivity contribution in [2.75, 3.05) is 11.9 Å². The molecule has 1 heterocycles. The molecular weight excluding hydrogens is 333 g/mol. The van der Waals surface area contributed by atoms with Crippen molar-refractivity contribution in [3.8, 4) is 11.4 Å². The zero-order chi connectivity index (χ0) is 15.4. The highest BCUT2D eigenvalue weighted by atomic mass is 79.9. The summed E-state index contributed by atoms with van der Waals surface area (Å²) in [6.07, 6.45) is 1.89. The maximum atomic E-state index is 13.6. The van der Waals surface area contributed by atoms with Gasteiger partial charge in [0.1, 0.15) is 11.6 Å². The van der Waals surface area contributed by atoms with Gasteiger partial charge in [0.15, 0.2) is 5.82 Å². The van der Waals surface area contributed by atoms with E-state index in [9.17, 15) is 4.39 Å². The Morgan fingerprint density at radius 3 is 2.57 bits per heavy atom. The van der Waals surface area contributed by atoms with E-state index in [1.54, 1.807) is 0 Å². The average Bonchev–Trinajstić information content (AvgIpc) is 2.43. The molecule has 0 saturated heterocycles. The molecule has 1 aromatic heterocycles. The molecule has 0 atom stereocenters. The molecule has 0 fully saturated rings. The summed E-state index contributed by atoms with van der Waals surface area (Å²) in [5.74, 6) is 1.09. The van der Waals surface area contributed by atoms with E-state index in [4.69, 9.17) is 0 Å². The van der Waals surface area contributed by atoms with Gasteiger partial charge in [-0.2, -0.15) is 0 Å². The molecule has 3 nitrogen and oxygen atoms in total. The summed E-state index contributed by atoms with van der Waals surface area (Å²) >= 11 is 3.31. The van der Waals surface area contributed by atoms with Crippen molar-refractivity contribution in [3.05, 3.63) is 39.7 Å². The number of anilines is 1. The van der Waals surface area contributed by atoms with Gasteiger partial charge in [-0.1, -0.05) is 29.8 Å². The van der Waals surface area contributed by atoms with Gasteiger partial charge in [-0.05, 0) is 38.0 Å². The van der Waals surface area contributed by atoms with Gasteiger partial charge in [-0.3, -0.25) is 0 Å². The molecule has 5 heteroatoms. The van der Waals surface area contributed by atoms with Crippen molar-refractivity contribution in [2.24, 2.45) is 0 Å². The van der Waals surface area contributed by atoms with E-state index in [1.165, 1.54) is 12.1 Å². The second kappa shape index (κ2) is 6.98. The number of halogens is 2. The summed E-state index contributed by atoms with van der Waals surface area (Å²) in [6.45, 7) is 7.02. The van der Waals surface area contributed by atoms with Crippen molar-refractivity contribution in [1.29, 1.82) is 0 Å². The van der Waals surface area contributed by atoms with Crippen molar-refractivity contribution in [2.45, 2.75) is 33.6 Å². The Hall–Kier alpha value is -1.49. The van der Waals surface area contributed by atoms with Crippen LogP contribution in [0.2, 0.25) is 0 Å². The maximum absolute atomic E-state index is 13.6. The minimum Gasteiger partial charge on any atom is -0.370 e. The molecule has 0 unspecified atom stereocenters. The van der Waals surface area contributed by atoms with Crippen LogP contribution in [0.15, 0.2) is 22.7 Å². The minimum absolute atomic E-state index is 0.303. The zero-order valence-electron chi connectivity index (χ0n) is 12.5. The quantitative estimate of drug-likeness (QED) is 0.845. The number of benzene rings is 1. The molecule has 21 heavy (non-hydrogen) atoms. The number of nitrogens with zero attached hydrogens (tertiary/aromatic N) is 2. The normalized spacial score (nSPS) is 10.7. The van der Waals surface area contributed by atoms with Crippen LogP contribution >= 0.6 is 15.9 Å². The van der Waals surface area contributed by atoms with Crippen molar-refractivity contribution in [3.63, 3.8) is 0 Å². The fourth-order valence-electron chi connectivity index (χ4n) is 2.22. The second-order valence-electron chi connectivity index (χ2n) is 4.90. The van der Waals surface area contributed by atoms with Crippen molar-refractivity contribution < 1.29 is 4.39 Å². The molecule has 0 amide bonds. The van der Waals surface area contributed by atoms with Crippen LogP contribution in [0.5, 0.6) is 0 Å². The summed E-state index contributed by atoms with van der Waals surface area (Å²) in [6, 6.07) is 4.70. The Bertz CT molecular complexity index is 623. The average molecular weight is 352 g/mol. The van der Waals surface area contributed by atoms with E-state index >= 15 is 0 Å². The molecule has 2 aromatic rings. The Morgan fingerprint density at radius 1 is 1.19 bits per heavy atom. The highest BCUT2D eigenvalue weighted by Crippen LogP contribution is 2.26. The van der Waals surface area contributed by atoms with Gasteiger partial charge in [0.2, 0.25) is 0 Å². The van der Waals surface area contributed by atoms with Crippen molar-refractivity contribution in [1.82, 2.24) is 9.97 Å². The molecule has 0 spiro atoms. The van der Waals surface area contributed by atoms with Gasteiger partial charge in [-0.25, -0.2) is 14.4 Å². The van der Waals surface area contributed by atoms with Gasteiger partial charge < -0.3 is 5.32 Å². The fraction of sp³-hybridized carbons (Fsp3) is 0.375. The molecule has 2 rings (SSSR count). The predicted octanol–water partition coefficient (Wildman–Crippen LogP) is 4.74. The molecule has 112 valence electrons. The first-order valence-electron chi connectivity index (χ1n) is 7.13. The Balaban J connectivity index is 2.51. The van der Waals surface area contributed by atoms with Crippen LogP contribution in [0.4, 0.5) is 10.2 Å². The zero-order valence-corrected chi connectivity index (χ0v) is 14.1. The summed E-state index contributed by atoms with van der Waals surface area (Å²) in [5.41, 5.74) is 2.72. The summed E-state index contributed by atoms with van der Waals surface area (Å²) < 4.78 is 14.2. The topological polar surface area (TPSA) is 37.8 Å². The first-order valence-corrected chi connectivity index (χ1v) is 7.92. The molecular formula is C16H19BrFN3. The lowest BCUT2D eigenvalue weighted by Crippen LogP contribution is -2.09. The van der Waals surface area contributed by atoms with Gasteiger partial charge in [0.05, 0.1) is 0 Å². The van der Waals surface area contributed by atoms with E-state index in [0.29, 0.717) is 15.9 Å². The van der Waals surface area contributed by atoms with E-state index in [-0.39, 0.29) is 5.82 Å². The lowest BCUT2D eigenvalue weighted by molar-refractivity contribution is 0.627. The Labute approximate surface area is 133 Å². The summed E-state index contributed by atoms with van der Waals surface area (Å²) in [7, 11) is 0. The minimum atomic E-state index is -0.303. The van der Waals surface area contributed by atoms with Gasteiger partial charge in [0, 0.05) is 27.8 Å². The molecule has 0 aliphatic heterocycles. The van der Waals surface area contributed by atoms with Gasteiger partial charge in [-0.15, -0.1) is 0 Å². The molecule has 0 saturated carbocycles. The van der Waals surface area contributed by atoms with E-state index in [2.05, 4.69) is 45.1 Å². The lowest BCUT2D eigenvalue weighted by atomic mass is 10.1. The number of aryl methyl sites for hydroxylation is 1. The van der Waals surface area contributed by atoms with Crippen LogP contribution in [-0.4, -0.2) is 16.5 Å². The third-order valence-electron chi connectivity index (χ3n) is 3.23. The van der Waals surface area contributed by atoms with E-state index < -0.39 is 0 Å². The number of aromatic nitrogens is 2. The van der Waals surface area contributed by atoms with Crippen LogP contribution in [0.1, 0.15) is 31.5 Å². The summed E-state index contributed by atoms with van der Waals surface area (Å²) in [4.78, 5) is 9.11. The van der Waals surface area contributed by atoms with Crippen LogP contribution in [0.25, 0.3) is 11.4 Å². The highest BCUT2D eigenvalue weighted by molar-refractivity contribution is 9.10. The largest absolute Gasteiger partial charge is 0.370 e. The molecule has 0 bridgehead atoms. The molecule has 1 N–H and O–H groups in total. The Kier molecular flexibility index (Phi) is 5.28. The predicted molar refractivity (Wildman–Crippen MR) is 88.0 cm³/mol. The second-order valence-corrected chi connectivity index (χ2v) is 5.81. The van der Waals surface area contributed by atoms with Crippen LogP contribution in [0.3, 0.4) is 0 Å².